The maximum absolute atomic E-state index is 11.6. The quantitative estimate of drug-likeness (QED) is 0.589. The number of ether oxygens (including phenoxy) is 1. The van der Waals surface area contributed by atoms with Crippen molar-refractivity contribution in [1.29, 1.82) is 0 Å². The Morgan fingerprint density at radius 1 is 1.38 bits per heavy atom. The van der Waals surface area contributed by atoms with Gasteiger partial charge in [-0.15, -0.1) is 0 Å². The molecule has 0 aromatic rings. The number of amides is 1. The van der Waals surface area contributed by atoms with Gasteiger partial charge in [-0.05, 0) is 32.7 Å². The maximum atomic E-state index is 11.6. The topological polar surface area (TPSA) is 64.3 Å². The van der Waals surface area contributed by atoms with Gasteiger partial charge in [0, 0.05) is 18.6 Å². The molecule has 0 aromatic heterocycles. The molecule has 0 bridgehead atoms. The molecule has 0 aliphatic carbocycles. The summed E-state index contributed by atoms with van der Waals surface area (Å²) in [5.41, 5.74) is 5.36. The van der Waals surface area contributed by atoms with Crippen LogP contribution in [0, 0.1) is 0 Å². The Morgan fingerprint density at radius 3 is 2.56 bits per heavy atom. The molecule has 16 heavy (non-hydrogen) atoms. The van der Waals surface area contributed by atoms with E-state index in [1.165, 1.54) is 0 Å². The Hall–Kier alpha value is -0.610. The second-order valence-electron chi connectivity index (χ2n) is 4.36. The largest absolute Gasteiger partial charge is 0.381 e. The van der Waals surface area contributed by atoms with Gasteiger partial charge in [-0.25, -0.2) is 0 Å². The molecule has 4 heteroatoms. The van der Waals surface area contributed by atoms with Crippen molar-refractivity contribution < 1.29 is 9.53 Å². The fourth-order valence-electron chi connectivity index (χ4n) is 1.46. The van der Waals surface area contributed by atoms with E-state index in [0.717, 1.165) is 25.9 Å². The molecule has 4 nitrogen and oxygen atoms in total. The van der Waals surface area contributed by atoms with Crippen molar-refractivity contribution in [2.24, 2.45) is 5.73 Å². The maximum Gasteiger partial charge on any atom is 0.222 e. The van der Waals surface area contributed by atoms with Crippen LogP contribution in [-0.2, 0) is 9.53 Å². The smallest absolute Gasteiger partial charge is 0.222 e. The molecule has 3 N–H and O–H groups in total. The lowest BCUT2D eigenvalue weighted by Crippen LogP contribution is -2.47. The summed E-state index contributed by atoms with van der Waals surface area (Å²) in [5.74, 6) is 0.0499. The van der Waals surface area contributed by atoms with Crippen LogP contribution in [0.3, 0.4) is 0 Å². The summed E-state index contributed by atoms with van der Waals surface area (Å²) in [6.07, 6.45) is 3.12. The van der Waals surface area contributed by atoms with E-state index >= 15 is 0 Å². The number of hydrogen-bond donors (Lipinski definition) is 2. The van der Waals surface area contributed by atoms with Crippen LogP contribution in [-0.4, -0.2) is 31.2 Å². The first-order valence-electron chi connectivity index (χ1n) is 6.16. The fraction of sp³-hybridized carbons (Fsp3) is 0.917. The van der Waals surface area contributed by atoms with E-state index in [1.807, 2.05) is 6.92 Å². The molecule has 1 amide bonds. The zero-order chi connectivity index (χ0) is 12.4. The SMILES string of the molecule is CCCOCCC(=O)NC(C)(CC)CCN. The molecule has 0 radical (unpaired) electrons. The number of rotatable bonds is 9. The molecule has 0 aliphatic heterocycles. The number of nitrogens with one attached hydrogen (secondary N) is 1. The van der Waals surface area contributed by atoms with Crippen molar-refractivity contribution in [3.63, 3.8) is 0 Å². The van der Waals surface area contributed by atoms with Gasteiger partial charge in [0.05, 0.1) is 6.61 Å². The average Bonchev–Trinajstić information content (AvgIpc) is 2.25. The first kappa shape index (κ1) is 15.4. The van der Waals surface area contributed by atoms with Crippen molar-refractivity contribution in [3.05, 3.63) is 0 Å². The highest BCUT2D eigenvalue weighted by Crippen LogP contribution is 2.13. The van der Waals surface area contributed by atoms with E-state index < -0.39 is 0 Å². The third-order valence-corrected chi connectivity index (χ3v) is 2.74. The van der Waals surface area contributed by atoms with E-state index in [4.69, 9.17) is 10.5 Å². The van der Waals surface area contributed by atoms with Crippen LogP contribution in [0.2, 0.25) is 0 Å². The Morgan fingerprint density at radius 2 is 2.06 bits per heavy atom. The molecule has 0 saturated heterocycles. The summed E-state index contributed by atoms with van der Waals surface area (Å²) >= 11 is 0. The van der Waals surface area contributed by atoms with Crippen molar-refractivity contribution in [1.82, 2.24) is 5.32 Å². The molecule has 0 heterocycles. The molecule has 1 atom stereocenters. The van der Waals surface area contributed by atoms with Gasteiger partial charge in [-0.1, -0.05) is 13.8 Å². The predicted molar refractivity (Wildman–Crippen MR) is 66.2 cm³/mol. The molecule has 0 aromatic carbocycles. The van der Waals surface area contributed by atoms with Crippen molar-refractivity contribution >= 4 is 5.91 Å². The zero-order valence-corrected chi connectivity index (χ0v) is 10.8. The zero-order valence-electron chi connectivity index (χ0n) is 10.8. The molecule has 0 fully saturated rings. The highest BCUT2D eigenvalue weighted by Gasteiger charge is 2.22. The number of carbonyl (C=O) groups excluding carboxylic acids is 1. The van der Waals surface area contributed by atoms with Crippen LogP contribution in [0.1, 0.15) is 46.5 Å². The van der Waals surface area contributed by atoms with Gasteiger partial charge >= 0.3 is 0 Å². The molecule has 96 valence electrons. The second-order valence-corrected chi connectivity index (χ2v) is 4.36. The molecule has 0 saturated carbocycles. The standard InChI is InChI=1S/C12H26N2O2/c1-4-9-16-10-6-11(15)14-12(3,5-2)7-8-13/h4-10,13H2,1-3H3,(H,14,15). The van der Waals surface area contributed by atoms with Crippen molar-refractivity contribution in [3.8, 4) is 0 Å². The van der Waals surface area contributed by atoms with E-state index in [-0.39, 0.29) is 11.4 Å². The monoisotopic (exact) mass is 230 g/mol. The van der Waals surface area contributed by atoms with E-state index in [0.29, 0.717) is 19.6 Å². The number of carbonyl (C=O) groups is 1. The van der Waals surface area contributed by atoms with Crippen LogP contribution in [0.4, 0.5) is 0 Å². The average molecular weight is 230 g/mol. The molecule has 0 spiro atoms. The first-order valence-corrected chi connectivity index (χ1v) is 6.16. The number of nitrogens with two attached hydrogens (primary N) is 1. The lowest BCUT2D eigenvalue weighted by atomic mass is 9.94. The summed E-state index contributed by atoms with van der Waals surface area (Å²) in [4.78, 5) is 11.6. The Bertz CT molecular complexity index is 197. The van der Waals surface area contributed by atoms with Crippen LogP contribution >= 0.6 is 0 Å². The Labute approximate surface area is 98.9 Å². The van der Waals surface area contributed by atoms with Gasteiger partial charge in [0.1, 0.15) is 0 Å². The van der Waals surface area contributed by atoms with Crippen LogP contribution in [0.25, 0.3) is 0 Å². The summed E-state index contributed by atoms with van der Waals surface area (Å²) in [7, 11) is 0. The minimum absolute atomic E-state index is 0.0499. The van der Waals surface area contributed by atoms with Gasteiger partial charge in [0.15, 0.2) is 0 Å². The first-order chi connectivity index (χ1) is 7.58. The molecular weight excluding hydrogens is 204 g/mol. The van der Waals surface area contributed by atoms with E-state index in [1.54, 1.807) is 0 Å². The van der Waals surface area contributed by atoms with Gasteiger partial charge in [-0.2, -0.15) is 0 Å². The van der Waals surface area contributed by atoms with Crippen LogP contribution < -0.4 is 11.1 Å². The van der Waals surface area contributed by atoms with Gasteiger partial charge in [0.2, 0.25) is 5.91 Å². The molecule has 0 rings (SSSR count). The highest BCUT2D eigenvalue weighted by atomic mass is 16.5. The van der Waals surface area contributed by atoms with Crippen molar-refractivity contribution in [2.45, 2.75) is 52.0 Å². The summed E-state index contributed by atoms with van der Waals surface area (Å²) < 4.78 is 5.28. The minimum Gasteiger partial charge on any atom is -0.381 e. The van der Waals surface area contributed by atoms with Crippen LogP contribution in [0.15, 0.2) is 0 Å². The van der Waals surface area contributed by atoms with Crippen LogP contribution in [0.5, 0.6) is 0 Å². The lowest BCUT2D eigenvalue weighted by molar-refractivity contribution is -0.124. The van der Waals surface area contributed by atoms with Gasteiger partial charge in [0.25, 0.3) is 0 Å². The summed E-state index contributed by atoms with van der Waals surface area (Å²) in [6.45, 7) is 7.96. The Balaban J connectivity index is 3.82. The summed E-state index contributed by atoms with van der Waals surface area (Å²) in [6, 6.07) is 0. The highest BCUT2D eigenvalue weighted by molar-refractivity contribution is 5.76. The normalized spacial score (nSPS) is 14.5. The fourth-order valence-corrected chi connectivity index (χ4v) is 1.46. The lowest BCUT2D eigenvalue weighted by Gasteiger charge is -2.29. The molecule has 1 unspecified atom stereocenters. The van der Waals surface area contributed by atoms with Gasteiger partial charge < -0.3 is 15.8 Å². The van der Waals surface area contributed by atoms with Crippen molar-refractivity contribution in [2.75, 3.05) is 19.8 Å². The molecular formula is C12H26N2O2. The second kappa shape index (κ2) is 8.53. The molecule has 0 aliphatic rings. The van der Waals surface area contributed by atoms with E-state index in [2.05, 4.69) is 19.2 Å². The van der Waals surface area contributed by atoms with E-state index in [9.17, 15) is 4.79 Å². The number of hydrogen-bond acceptors (Lipinski definition) is 3. The minimum atomic E-state index is -0.170. The summed E-state index contributed by atoms with van der Waals surface area (Å²) in [5, 5.41) is 3.02. The third-order valence-electron chi connectivity index (χ3n) is 2.74. The third kappa shape index (κ3) is 6.80. The Kier molecular flexibility index (Phi) is 8.21. The van der Waals surface area contributed by atoms with Gasteiger partial charge in [-0.3, -0.25) is 4.79 Å². The predicted octanol–water partition coefficient (Wildman–Crippen LogP) is 1.44.